The average molecular weight is 361 g/mol. The molecule has 3 rings (SSSR count). The summed E-state index contributed by atoms with van der Waals surface area (Å²) in [5.74, 6) is 0.787. The Balaban J connectivity index is 1.63. The van der Waals surface area contributed by atoms with Gasteiger partial charge in [0.05, 0.1) is 12.3 Å². The molecule has 24 heavy (non-hydrogen) atoms. The van der Waals surface area contributed by atoms with Gasteiger partial charge in [0.1, 0.15) is 11.3 Å². The molecule has 5 nitrogen and oxygen atoms in total. The van der Waals surface area contributed by atoms with Crippen LogP contribution in [0.1, 0.15) is 18.2 Å². The summed E-state index contributed by atoms with van der Waals surface area (Å²) in [4.78, 5) is 4.74. The molecule has 0 radical (unpaired) electrons. The van der Waals surface area contributed by atoms with Crippen LogP contribution >= 0.6 is 23.1 Å². The highest BCUT2D eigenvalue weighted by atomic mass is 32.2. The maximum absolute atomic E-state index is 5.11. The zero-order valence-electron chi connectivity index (χ0n) is 13.8. The first-order chi connectivity index (χ1) is 11.8. The van der Waals surface area contributed by atoms with Crippen molar-refractivity contribution in [1.29, 1.82) is 0 Å². The summed E-state index contributed by atoms with van der Waals surface area (Å²) in [6.45, 7) is 3.58. The molecule has 0 N–H and O–H groups in total. The van der Waals surface area contributed by atoms with E-state index in [9.17, 15) is 0 Å². The van der Waals surface area contributed by atoms with Crippen LogP contribution in [-0.2, 0) is 23.5 Å². The van der Waals surface area contributed by atoms with Crippen LogP contribution < -0.4 is 0 Å². The first kappa shape index (κ1) is 17.1. The average Bonchev–Trinajstić information content (AvgIpc) is 3.27. The molecule has 3 aromatic rings. The van der Waals surface area contributed by atoms with E-state index in [4.69, 9.17) is 9.72 Å². The highest BCUT2D eigenvalue weighted by Crippen LogP contribution is 2.27. The summed E-state index contributed by atoms with van der Waals surface area (Å²) in [6, 6.07) is 8.64. The Morgan fingerprint density at radius 1 is 1.25 bits per heavy atom. The van der Waals surface area contributed by atoms with Crippen molar-refractivity contribution in [3.8, 4) is 10.6 Å². The Bertz CT molecular complexity index is 767. The number of rotatable bonds is 8. The van der Waals surface area contributed by atoms with Crippen LogP contribution in [0, 0.1) is 0 Å². The lowest BCUT2D eigenvalue weighted by Crippen LogP contribution is -2.04. The Labute approximate surface area is 150 Å². The minimum atomic E-state index is 0.653. The fourth-order valence-electron chi connectivity index (χ4n) is 2.23. The van der Waals surface area contributed by atoms with Crippen LogP contribution in [0.25, 0.3) is 10.6 Å². The molecule has 0 aliphatic heterocycles. The lowest BCUT2D eigenvalue weighted by Gasteiger charge is -2.04. The van der Waals surface area contributed by atoms with E-state index in [-0.39, 0.29) is 0 Å². The third-order valence-corrected chi connectivity index (χ3v) is 5.58. The second-order valence-electron chi connectivity index (χ2n) is 5.28. The molecular weight excluding hydrogens is 340 g/mol. The van der Waals surface area contributed by atoms with E-state index in [1.807, 2.05) is 4.57 Å². The molecule has 0 bridgehead atoms. The summed E-state index contributed by atoms with van der Waals surface area (Å²) in [7, 11) is 1.70. The predicted molar refractivity (Wildman–Crippen MR) is 98.4 cm³/mol. The van der Waals surface area contributed by atoms with Crippen molar-refractivity contribution >= 4 is 23.1 Å². The molecule has 0 aliphatic carbocycles. The second-order valence-corrected chi connectivity index (χ2v) is 7.08. The highest BCUT2D eigenvalue weighted by Gasteiger charge is 2.09. The van der Waals surface area contributed by atoms with Crippen molar-refractivity contribution in [2.24, 2.45) is 0 Å². The first-order valence-electron chi connectivity index (χ1n) is 7.83. The van der Waals surface area contributed by atoms with Crippen LogP contribution in [0.2, 0.25) is 0 Å². The summed E-state index contributed by atoms with van der Waals surface area (Å²) >= 11 is 3.33. The summed E-state index contributed by atoms with van der Waals surface area (Å²) < 4.78 is 7.11. The molecule has 0 fully saturated rings. The van der Waals surface area contributed by atoms with Crippen molar-refractivity contribution in [2.75, 3.05) is 13.7 Å². The molecule has 0 spiro atoms. The predicted octanol–water partition coefficient (Wildman–Crippen LogP) is 3.90. The van der Waals surface area contributed by atoms with Crippen LogP contribution in [0.4, 0.5) is 0 Å². The quantitative estimate of drug-likeness (QED) is 0.570. The number of nitrogens with zero attached hydrogens (tertiary/aromatic N) is 4. The second kappa shape index (κ2) is 8.41. The number of ether oxygens (including phenoxy) is 1. The van der Waals surface area contributed by atoms with Crippen molar-refractivity contribution in [1.82, 2.24) is 19.7 Å². The number of hydrogen-bond acceptors (Lipinski definition) is 6. The lowest BCUT2D eigenvalue weighted by molar-refractivity contribution is 0.184. The largest absolute Gasteiger partial charge is 0.383 e. The van der Waals surface area contributed by atoms with Gasteiger partial charge in [-0.3, -0.25) is 0 Å². The number of benzene rings is 1. The van der Waals surface area contributed by atoms with Gasteiger partial charge < -0.3 is 9.30 Å². The lowest BCUT2D eigenvalue weighted by atomic mass is 10.1. The van der Waals surface area contributed by atoms with Crippen LogP contribution in [0.5, 0.6) is 0 Å². The van der Waals surface area contributed by atoms with Gasteiger partial charge in [0, 0.05) is 30.4 Å². The van der Waals surface area contributed by atoms with Crippen molar-refractivity contribution in [3.63, 3.8) is 0 Å². The molecule has 2 aromatic heterocycles. The van der Waals surface area contributed by atoms with Crippen LogP contribution in [0.3, 0.4) is 0 Å². The number of aryl methyl sites for hydroxylation is 1. The third-order valence-electron chi connectivity index (χ3n) is 3.63. The molecule has 0 unspecified atom stereocenters. The van der Waals surface area contributed by atoms with Gasteiger partial charge in [-0.1, -0.05) is 43.0 Å². The van der Waals surface area contributed by atoms with Gasteiger partial charge >= 0.3 is 0 Å². The van der Waals surface area contributed by atoms with Gasteiger partial charge in [0.2, 0.25) is 0 Å². The van der Waals surface area contributed by atoms with E-state index >= 15 is 0 Å². The molecule has 1 aromatic carbocycles. The molecule has 0 amide bonds. The summed E-state index contributed by atoms with van der Waals surface area (Å²) in [5, 5.41) is 12.2. The Morgan fingerprint density at radius 2 is 2.08 bits per heavy atom. The highest BCUT2D eigenvalue weighted by molar-refractivity contribution is 7.98. The van der Waals surface area contributed by atoms with Crippen molar-refractivity contribution in [2.45, 2.75) is 30.8 Å². The summed E-state index contributed by atoms with van der Waals surface area (Å²) in [5.41, 5.74) is 3.60. The number of aromatic nitrogens is 4. The van der Waals surface area contributed by atoms with Gasteiger partial charge in [-0.15, -0.1) is 21.5 Å². The topological polar surface area (TPSA) is 52.8 Å². The molecule has 7 heteroatoms. The smallest absolute Gasteiger partial charge is 0.191 e. The normalized spacial score (nSPS) is 11.1. The third kappa shape index (κ3) is 4.23. The zero-order chi connectivity index (χ0) is 16.8. The van der Waals surface area contributed by atoms with E-state index in [0.29, 0.717) is 6.61 Å². The molecular formula is C17H20N4OS2. The number of hydrogen-bond donors (Lipinski definition) is 0. The fourth-order valence-corrected chi connectivity index (χ4v) is 3.99. The minimum absolute atomic E-state index is 0.653. The van der Waals surface area contributed by atoms with Crippen molar-refractivity contribution in [3.05, 3.63) is 47.2 Å². The SMILES string of the molecule is CCc1ccc(-c2nc(CSc3nncn3CCOC)cs2)cc1. The number of methoxy groups -OCH3 is 1. The Hall–Kier alpha value is -1.70. The number of thiazole rings is 1. The van der Waals surface area contributed by atoms with Crippen LogP contribution in [0.15, 0.2) is 41.1 Å². The monoisotopic (exact) mass is 360 g/mol. The maximum atomic E-state index is 5.11. The standard InChI is InChI=1S/C17H20N4OS2/c1-3-13-4-6-14(7-5-13)16-19-15(10-23-16)11-24-17-20-18-12-21(17)8-9-22-2/h4-7,10,12H,3,8-9,11H2,1-2H3. The van der Waals surface area contributed by atoms with Crippen molar-refractivity contribution < 1.29 is 4.74 Å². The molecule has 126 valence electrons. The number of thioether (sulfide) groups is 1. The first-order valence-corrected chi connectivity index (χ1v) is 9.70. The van der Waals surface area contributed by atoms with Gasteiger partial charge in [-0.05, 0) is 12.0 Å². The molecule has 0 aliphatic rings. The Morgan fingerprint density at radius 3 is 2.83 bits per heavy atom. The molecule has 0 atom stereocenters. The molecule has 0 saturated heterocycles. The summed E-state index contributed by atoms with van der Waals surface area (Å²) in [6.07, 6.45) is 2.80. The molecule has 2 heterocycles. The van der Waals surface area contributed by atoms with Gasteiger partial charge in [0.15, 0.2) is 5.16 Å². The van der Waals surface area contributed by atoms with E-state index < -0.39 is 0 Å². The Kier molecular flexibility index (Phi) is 6.01. The van der Waals surface area contributed by atoms with E-state index in [0.717, 1.165) is 34.6 Å². The fraction of sp³-hybridized carbons (Fsp3) is 0.353. The minimum Gasteiger partial charge on any atom is -0.383 e. The zero-order valence-corrected chi connectivity index (χ0v) is 15.4. The van der Waals surface area contributed by atoms with Gasteiger partial charge in [-0.2, -0.15) is 0 Å². The van der Waals surface area contributed by atoms with Crippen LogP contribution in [-0.4, -0.2) is 33.5 Å². The van der Waals surface area contributed by atoms with Gasteiger partial charge in [0.25, 0.3) is 0 Å². The van der Waals surface area contributed by atoms with Gasteiger partial charge in [-0.25, -0.2) is 4.98 Å². The van der Waals surface area contributed by atoms with E-state index in [1.165, 1.54) is 11.1 Å². The van der Waals surface area contributed by atoms with E-state index in [1.54, 1.807) is 36.5 Å². The maximum Gasteiger partial charge on any atom is 0.191 e. The van der Waals surface area contributed by atoms with E-state index in [2.05, 4.69) is 46.8 Å². The molecule has 0 saturated carbocycles.